The SMILES string of the molecule is COc1ccc(C=NNS(=O)(=O)c2ccc(Cl)cc2)cc1OCc1ccc(F)cc1. The molecule has 3 aromatic carbocycles. The van der Waals surface area contributed by atoms with Crippen LogP contribution in [0.4, 0.5) is 4.39 Å². The smallest absolute Gasteiger partial charge is 0.276 e. The quantitative estimate of drug-likeness (QED) is 0.410. The summed E-state index contributed by atoms with van der Waals surface area (Å²) in [5.41, 5.74) is 1.37. The predicted molar refractivity (Wildman–Crippen MR) is 113 cm³/mol. The summed E-state index contributed by atoms with van der Waals surface area (Å²) in [5, 5.41) is 4.24. The lowest BCUT2D eigenvalue weighted by molar-refractivity contribution is 0.284. The molecule has 3 rings (SSSR count). The molecular weight excluding hydrogens is 431 g/mol. The number of methoxy groups -OCH3 is 1. The molecule has 0 saturated carbocycles. The molecule has 0 unspecified atom stereocenters. The third-order valence-electron chi connectivity index (χ3n) is 4.01. The third kappa shape index (κ3) is 5.71. The highest BCUT2D eigenvalue weighted by atomic mass is 35.5. The van der Waals surface area contributed by atoms with E-state index in [1.54, 1.807) is 30.3 Å². The van der Waals surface area contributed by atoms with Gasteiger partial charge in [0.15, 0.2) is 11.5 Å². The van der Waals surface area contributed by atoms with Crippen molar-refractivity contribution in [3.63, 3.8) is 0 Å². The highest BCUT2D eigenvalue weighted by molar-refractivity contribution is 7.89. The van der Waals surface area contributed by atoms with E-state index in [9.17, 15) is 12.8 Å². The second-order valence-electron chi connectivity index (χ2n) is 6.13. The number of hydrogen-bond acceptors (Lipinski definition) is 5. The summed E-state index contributed by atoms with van der Waals surface area (Å²) in [7, 11) is -2.31. The van der Waals surface area contributed by atoms with Crippen molar-refractivity contribution in [2.24, 2.45) is 5.10 Å². The van der Waals surface area contributed by atoms with Crippen LogP contribution in [0.25, 0.3) is 0 Å². The Labute approximate surface area is 179 Å². The zero-order valence-corrected chi connectivity index (χ0v) is 17.5. The van der Waals surface area contributed by atoms with Crippen LogP contribution >= 0.6 is 11.6 Å². The number of sulfonamides is 1. The summed E-state index contributed by atoms with van der Waals surface area (Å²) < 4.78 is 48.6. The lowest BCUT2D eigenvalue weighted by Crippen LogP contribution is -2.18. The number of nitrogens with zero attached hydrogens (tertiary/aromatic N) is 1. The molecular formula is C21H18ClFN2O4S. The fraction of sp³-hybridized carbons (Fsp3) is 0.0952. The van der Waals surface area contributed by atoms with E-state index in [4.69, 9.17) is 21.1 Å². The lowest BCUT2D eigenvalue weighted by atomic mass is 10.2. The van der Waals surface area contributed by atoms with Crippen LogP contribution in [0.1, 0.15) is 11.1 Å². The number of hydrogen-bond donors (Lipinski definition) is 1. The standard InChI is InChI=1S/C21H18ClFN2O4S/c1-28-20-11-4-16(12-21(20)29-14-15-2-7-18(23)8-3-15)13-24-25-30(26,27)19-9-5-17(22)6-10-19/h2-13,25H,14H2,1H3. The maximum Gasteiger partial charge on any atom is 0.276 e. The topological polar surface area (TPSA) is 77.0 Å². The zero-order valence-electron chi connectivity index (χ0n) is 15.9. The van der Waals surface area contributed by atoms with Gasteiger partial charge < -0.3 is 9.47 Å². The Kier molecular flexibility index (Phi) is 6.91. The van der Waals surface area contributed by atoms with Gasteiger partial charge in [0.2, 0.25) is 0 Å². The molecule has 0 fully saturated rings. The minimum absolute atomic E-state index is 0.0436. The van der Waals surface area contributed by atoms with Gasteiger partial charge >= 0.3 is 0 Å². The van der Waals surface area contributed by atoms with Gasteiger partial charge in [0.1, 0.15) is 12.4 Å². The van der Waals surface area contributed by atoms with Gasteiger partial charge in [-0.25, -0.2) is 9.22 Å². The monoisotopic (exact) mass is 448 g/mol. The van der Waals surface area contributed by atoms with Crippen LogP contribution in [0, 0.1) is 5.82 Å². The fourth-order valence-corrected chi connectivity index (χ4v) is 3.38. The van der Waals surface area contributed by atoms with Crippen LogP contribution in [0.2, 0.25) is 5.02 Å². The maximum atomic E-state index is 13.0. The molecule has 0 saturated heterocycles. The molecule has 156 valence electrons. The Balaban J connectivity index is 1.70. The molecule has 0 spiro atoms. The van der Waals surface area contributed by atoms with E-state index in [1.165, 1.54) is 49.7 Å². The lowest BCUT2D eigenvalue weighted by Gasteiger charge is -2.11. The van der Waals surface area contributed by atoms with E-state index >= 15 is 0 Å². The van der Waals surface area contributed by atoms with Crippen molar-refractivity contribution in [1.29, 1.82) is 0 Å². The number of hydrazone groups is 1. The average Bonchev–Trinajstić information content (AvgIpc) is 2.73. The number of benzene rings is 3. The summed E-state index contributed by atoms with van der Waals surface area (Å²) in [6, 6.07) is 16.7. The summed E-state index contributed by atoms with van der Waals surface area (Å²) in [6.45, 7) is 0.209. The van der Waals surface area contributed by atoms with Crippen molar-refractivity contribution in [3.05, 3.63) is 88.7 Å². The zero-order chi connectivity index (χ0) is 21.6. The average molecular weight is 449 g/mol. The van der Waals surface area contributed by atoms with Crippen LogP contribution in [0.5, 0.6) is 11.5 Å². The molecule has 1 N–H and O–H groups in total. The Morgan fingerprint density at radius 3 is 2.40 bits per heavy atom. The van der Waals surface area contributed by atoms with Gasteiger partial charge in [-0.3, -0.25) is 0 Å². The van der Waals surface area contributed by atoms with Crippen LogP contribution in [0.15, 0.2) is 76.7 Å². The first kappa shape index (κ1) is 21.6. The minimum atomic E-state index is -3.81. The van der Waals surface area contributed by atoms with Crippen LogP contribution in [-0.2, 0) is 16.6 Å². The Morgan fingerprint density at radius 1 is 1.03 bits per heavy atom. The van der Waals surface area contributed by atoms with Crippen molar-refractivity contribution in [1.82, 2.24) is 4.83 Å². The van der Waals surface area contributed by atoms with E-state index < -0.39 is 10.0 Å². The molecule has 9 heteroatoms. The van der Waals surface area contributed by atoms with Crippen molar-refractivity contribution in [3.8, 4) is 11.5 Å². The number of nitrogens with one attached hydrogen (secondary N) is 1. The molecule has 0 aromatic heterocycles. The summed E-state index contributed by atoms with van der Waals surface area (Å²) in [5.74, 6) is 0.609. The van der Waals surface area contributed by atoms with Gasteiger partial charge in [0, 0.05) is 5.02 Å². The van der Waals surface area contributed by atoms with Gasteiger partial charge in [-0.2, -0.15) is 13.5 Å². The largest absolute Gasteiger partial charge is 0.493 e. The molecule has 0 bridgehead atoms. The third-order valence-corrected chi connectivity index (χ3v) is 5.50. The van der Waals surface area contributed by atoms with E-state index in [0.29, 0.717) is 22.1 Å². The highest BCUT2D eigenvalue weighted by Crippen LogP contribution is 2.28. The first-order valence-corrected chi connectivity index (χ1v) is 10.6. The first-order valence-electron chi connectivity index (χ1n) is 8.73. The Hall–Kier alpha value is -3.10. The first-order chi connectivity index (χ1) is 14.4. The van der Waals surface area contributed by atoms with Gasteiger partial charge in [-0.1, -0.05) is 23.7 Å². The van der Waals surface area contributed by atoms with Gasteiger partial charge in [-0.05, 0) is 65.7 Å². The summed E-state index contributed by atoms with van der Waals surface area (Å²) in [4.78, 5) is 2.19. The van der Waals surface area contributed by atoms with E-state index in [1.807, 2.05) is 0 Å². The predicted octanol–water partition coefficient (Wildman–Crippen LogP) is 4.38. The minimum Gasteiger partial charge on any atom is -0.493 e. The normalized spacial score (nSPS) is 11.4. The molecule has 0 heterocycles. The maximum absolute atomic E-state index is 13.0. The van der Waals surface area contributed by atoms with Crippen LogP contribution in [0.3, 0.4) is 0 Å². The molecule has 0 aliphatic heterocycles. The molecule has 0 aliphatic carbocycles. The molecule has 0 aliphatic rings. The van der Waals surface area contributed by atoms with Crippen molar-refractivity contribution >= 4 is 27.8 Å². The van der Waals surface area contributed by atoms with E-state index in [0.717, 1.165) is 5.56 Å². The molecule has 0 amide bonds. The van der Waals surface area contributed by atoms with E-state index in [-0.39, 0.29) is 17.3 Å². The molecule has 3 aromatic rings. The number of ether oxygens (including phenoxy) is 2. The Bertz CT molecular complexity index is 1130. The molecule has 6 nitrogen and oxygen atoms in total. The summed E-state index contributed by atoms with van der Waals surface area (Å²) >= 11 is 5.77. The fourth-order valence-electron chi connectivity index (χ4n) is 2.46. The molecule has 30 heavy (non-hydrogen) atoms. The summed E-state index contributed by atoms with van der Waals surface area (Å²) in [6.07, 6.45) is 1.34. The second kappa shape index (κ2) is 9.60. The van der Waals surface area contributed by atoms with E-state index in [2.05, 4.69) is 9.93 Å². The van der Waals surface area contributed by atoms with Crippen LogP contribution < -0.4 is 14.3 Å². The number of rotatable bonds is 8. The number of halogens is 2. The van der Waals surface area contributed by atoms with Crippen molar-refractivity contribution < 1.29 is 22.3 Å². The van der Waals surface area contributed by atoms with Crippen molar-refractivity contribution in [2.45, 2.75) is 11.5 Å². The van der Waals surface area contributed by atoms with Gasteiger partial charge in [0.05, 0.1) is 18.2 Å². The molecule has 0 atom stereocenters. The Morgan fingerprint density at radius 2 is 1.73 bits per heavy atom. The van der Waals surface area contributed by atoms with Gasteiger partial charge in [0.25, 0.3) is 10.0 Å². The highest BCUT2D eigenvalue weighted by Gasteiger charge is 2.12. The second-order valence-corrected chi connectivity index (χ2v) is 8.23. The van der Waals surface area contributed by atoms with Crippen LogP contribution in [-0.4, -0.2) is 21.7 Å². The molecule has 0 radical (unpaired) electrons. The van der Waals surface area contributed by atoms with Gasteiger partial charge in [-0.15, -0.1) is 0 Å². The van der Waals surface area contributed by atoms with Crippen molar-refractivity contribution in [2.75, 3.05) is 7.11 Å².